The average molecular weight is 146 g/mol. The van der Waals surface area contributed by atoms with E-state index in [0.29, 0.717) is 6.42 Å². The molecule has 0 aromatic heterocycles. The van der Waals surface area contributed by atoms with Gasteiger partial charge in [-0.25, -0.2) is 0 Å². The zero-order chi connectivity index (χ0) is 8.20. The van der Waals surface area contributed by atoms with Crippen LogP contribution in [0.3, 0.4) is 0 Å². The van der Waals surface area contributed by atoms with E-state index in [2.05, 4.69) is 6.92 Å². The van der Waals surface area contributed by atoms with Crippen LogP contribution in [-0.4, -0.2) is 21.9 Å². The molecule has 0 rings (SSSR count). The van der Waals surface area contributed by atoms with E-state index in [1.807, 2.05) is 0 Å². The number of unbranched alkanes of at least 4 members (excludes halogenated alkanes) is 1. The molecule has 2 heteroatoms. The Hall–Kier alpha value is -0.0800. The molecule has 0 saturated carbocycles. The molecule has 0 aliphatic carbocycles. The zero-order valence-corrected chi connectivity index (χ0v) is 7.09. The second-order valence-corrected chi connectivity index (χ2v) is 3.31. The molecule has 0 unspecified atom stereocenters. The van der Waals surface area contributed by atoms with E-state index in [1.54, 1.807) is 13.8 Å². The van der Waals surface area contributed by atoms with Crippen molar-refractivity contribution in [3.8, 4) is 0 Å². The first-order chi connectivity index (χ1) is 4.48. The van der Waals surface area contributed by atoms with Gasteiger partial charge in [-0.3, -0.25) is 0 Å². The molecule has 0 aliphatic heterocycles. The summed E-state index contributed by atoms with van der Waals surface area (Å²) in [5, 5.41) is 18.5. The first-order valence-corrected chi connectivity index (χ1v) is 3.89. The van der Waals surface area contributed by atoms with E-state index < -0.39 is 11.7 Å². The van der Waals surface area contributed by atoms with Gasteiger partial charge in [0, 0.05) is 0 Å². The van der Waals surface area contributed by atoms with Gasteiger partial charge in [0.1, 0.15) is 0 Å². The highest BCUT2D eigenvalue weighted by Gasteiger charge is 2.22. The van der Waals surface area contributed by atoms with E-state index in [-0.39, 0.29) is 0 Å². The van der Waals surface area contributed by atoms with E-state index in [1.165, 1.54) is 0 Å². The van der Waals surface area contributed by atoms with Crippen molar-refractivity contribution in [2.45, 2.75) is 51.7 Å². The minimum absolute atomic E-state index is 0.576. The molecule has 0 amide bonds. The van der Waals surface area contributed by atoms with Gasteiger partial charge in [0.05, 0.1) is 11.7 Å². The van der Waals surface area contributed by atoms with E-state index in [4.69, 9.17) is 0 Å². The van der Waals surface area contributed by atoms with Crippen molar-refractivity contribution in [2.75, 3.05) is 0 Å². The fourth-order valence-corrected chi connectivity index (χ4v) is 0.751. The van der Waals surface area contributed by atoms with Gasteiger partial charge in [0.25, 0.3) is 0 Å². The first-order valence-electron chi connectivity index (χ1n) is 3.89. The summed E-state index contributed by atoms with van der Waals surface area (Å²) >= 11 is 0. The molecular weight excluding hydrogens is 128 g/mol. The smallest absolute Gasteiger partial charge is 0.0849 e. The van der Waals surface area contributed by atoms with Gasteiger partial charge in [-0.15, -0.1) is 0 Å². The number of aliphatic hydroxyl groups excluding tert-OH is 1. The van der Waals surface area contributed by atoms with Gasteiger partial charge < -0.3 is 10.2 Å². The number of hydrogen-bond donors (Lipinski definition) is 2. The lowest BCUT2D eigenvalue weighted by Gasteiger charge is -2.23. The normalized spacial score (nSPS) is 15.3. The molecule has 2 N–H and O–H groups in total. The van der Waals surface area contributed by atoms with E-state index in [0.717, 1.165) is 12.8 Å². The van der Waals surface area contributed by atoms with Crippen LogP contribution < -0.4 is 0 Å². The molecule has 10 heavy (non-hydrogen) atoms. The summed E-state index contributed by atoms with van der Waals surface area (Å²) in [4.78, 5) is 0. The largest absolute Gasteiger partial charge is 0.390 e. The summed E-state index contributed by atoms with van der Waals surface area (Å²) in [6.45, 7) is 5.33. The Bertz CT molecular complexity index is 83.7. The molecule has 0 saturated heterocycles. The Morgan fingerprint density at radius 3 is 2.20 bits per heavy atom. The molecule has 2 nitrogen and oxygen atoms in total. The molecule has 0 bridgehead atoms. The maximum absolute atomic E-state index is 9.27. The summed E-state index contributed by atoms with van der Waals surface area (Å²) in [6, 6.07) is 0. The maximum atomic E-state index is 9.27. The molecule has 0 aromatic rings. The van der Waals surface area contributed by atoms with Crippen LogP contribution in [-0.2, 0) is 0 Å². The second kappa shape index (κ2) is 3.94. The van der Waals surface area contributed by atoms with Crippen molar-refractivity contribution in [3.63, 3.8) is 0 Å². The Labute approximate surface area is 62.9 Å². The predicted molar refractivity (Wildman–Crippen MR) is 41.8 cm³/mol. The Kier molecular flexibility index (Phi) is 3.91. The van der Waals surface area contributed by atoms with Crippen LogP contribution in [0, 0.1) is 0 Å². The second-order valence-electron chi connectivity index (χ2n) is 3.31. The Balaban J connectivity index is 3.52. The average Bonchev–Trinajstić information content (AvgIpc) is 1.80. The van der Waals surface area contributed by atoms with Crippen LogP contribution in [0.1, 0.15) is 40.0 Å². The van der Waals surface area contributed by atoms with Crippen LogP contribution >= 0.6 is 0 Å². The van der Waals surface area contributed by atoms with Crippen LogP contribution in [0.2, 0.25) is 0 Å². The standard InChI is InChI=1S/C8H18O2/c1-4-5-6-7(9)8(2,3)10/h7,9-10H,4-6H2,1-3H3/t7-/m1/s1. The van der Waals surface area contributed by atoms with Gasteiger partial charge in [-0.2, -0.15) is 0 Å². The van der Waals surface area contributed by atoms with Crippen LogP contribution in [0.5, 0.6) is 0 Å². The predicted octanol–water partition coefficient (Wildman–Crippen LogP) is 1.31. The van der Waals surface area contributed by atoms with Gasteiger partial charge in [-0.05, 0) is 20.3 Å². The third kappa shape index (κ3) is 3.85. The van der Waals surface area contributed by atoms with Crippen LogP contribution in [0.25, 0.3) is 0 Å². The summed E-state index contributed by atoms with van der Waals surface area (Å²) in [5.41, 5.74) is -0.935. The lowest BCUT2D eigenvalue weighted by Crippen LogP contribution is -2.35. The SMILES string of the molecule is CCCC[C@@H](O)C(C)(C)O. The fourth-order valence-electron chi connectivity index (χ4n) is 0.751. The summed E-state index contributed by atoms with van der Waals surface area (Å²) in [5.74, 6) is 0. The molecule has 0 heterocycles. The van der Waals surface area contributed by atoms with Crippen molar-refractivity contribution < 1.29 is 10.2 Å². The number of hydrogen-bond acceptors (Lipinski definition) is 2. The van der Waals surface area contributed by atoms with Crippen LogP contribution in [0.4, 0.5) is 0 Å². The Morgan fingerprint density at radius 1 is 1.40 bits per heavy atom. The molecule has 0 aromatic carbocycles. The summed E-state index contributed by atoms with van der Waals surface area (Å²) < 4.78 is 0. The highest BCUT2D eigenvalue weighted by Crippen LogP contribution is 2.13. The molecule has 1 atom stereocenters. The summed E-state index contributed by atoms with van der Waals surface area (Å²) in [6.07, 6.45) is 2.16. The van der Waals surface area contributed by atoms with Gasteiger partial charge >= 0.3 is 0 Å². The molecular formula is C8H18O2. The third-order valence-corrected chi connectivity index (χ3v) is 1.65. The molecule has 0 fully saturated rings. The molecule has 62 valence electrons. The minimum atomic E-state index is -0.935. The minimum Gasteiger partial charge on any atom is -0.390 e. The monoisotopic (exact) mass is 146 g/mol. The fraction of sp³-hybridized carbons (Fsp3) is 1.00. The van der Waals surface area contributed by atoms with Crippen molar-refractivity contribution in [1.82, 2.24) is 0 Å². The van der Waals surface area contributed by atoms with Crippen molar-refractivity contribution in [3.05, 3.63) is 0 Å². The summed E-state index contributed by atoms with van der Waals surface area (Å²) in [7, 11) is 0. The van der Waals surface area contributed by atoms with Gasteiger partial charge in [-0.1, -0.05) is 19.8 Å². The van der Waals surface area contributed by atoms with Crippen molar-refractivity contribution >= 4 is 0 Å². The Morgan fingerprint density at radius 2 is 1.90 bits per heavy atom. The van der Waals surface area contributed by atoms with E-state index >= 15 is 0 Å². The molecule has 0 spiro atoms. The molecule has 0 aliphatic rings. The van der Waals surface area contributed by atoms with Gasteiger partial charge in [0.2, 0.25) is 0 Å². The number of aliphatic hydroxyl groups is 2. The number of rotatable bonds is 4. The first kappa shape index (κ1) is 9.92. The van der Waals surface area contributed by atoms with Crippen molar-refractivity contribution in [1.29, 1.82) is 0 Å². The zero-order valence-electron chi connectivity index (χ0n) is 7.09. The van der Waals surface area contributed by atoms with Crippen molar-refractivity contribution in [2.24, 2.45) is 0 Å². The lowest BCUT2D eigenvalue weighted by atomic mass is 9.97. The highest BCUT2D eigenvalue weighted by molar-refractivity contribution is 4.75. The van der Waals surface area contributed by atoms with Gasteiger partial charge in [0.15, 0.2) is 0 Å². The van der Waals surface area contributed by atoms with Crippen LogP contribution in [0.15, 0.2) is 0 Å². The quantitative estimate of drug-likeness (QED) is 0.627. The highest BCUT2D eigenvalue weighted by atomic mass is 16.3. The van der Waals surface area contributed by atoms with E-state index in [9.17, 15) is 10.2 Å². The lowest BCUT2D eigenvalue weighted by molar-refractivity contribution is -0.0520. The topological polar surface area (TPSA) is 40.5 Å². The third-order valence-electron chi connectivity index (χ3n) is 1.65. The maximum Gasteiger partial charge on any atom is 0.0849 e. The molecule has 0 radical (unpaired) electrons.